The van der Waals surface area contributed by atoms with Gasteiger partial charge in [-0.15, -0.1) is 0 Å². The van der Waals surface area contributed by atoms with Gasteiger partial charge in [0.05, 0.1) is 108 Å². The number of rotatable bonds is 33. The van der Waals surface area contributed by atoms with E-state index in [1.165, 1.54) is 53.6 Å². The zero-order valence-electron chi connectivity index (χ0n) is 78.5. The van der Waals surface area contributed by atoms with E-state index in [2.05, 4.69) is 31.4 Å². The first kappa shape index (κ1) is 107. The number of benzene rings is 5. The highest BCUT2D eigenvalue weighted by Gasteiger charge is 2.56. The summed E-state index contributed by atoms with van der Waals surface area (Å²) in [4.78, 5) is 202. The van der Waals surface area contributed by atoms with E-state index in [-0.39, 0.29) is 131 Å². The lowest BCUT2D eigenvalue weighted by Crippen LogP contribution is -2.56. The summed E-state index contributed by atoms with van der Waals surface area (Å²) >= 11 is 0. The van der Waals surface area contributed by atoms with E-state index < -0.39 is 86.2 Å². The van der Waals surface area contributed by atoms with Crippen molar-refractivity contribution in [3.8, 4) is 0 Å². The Morgan fingerprint density at radius 3 is 1.08 bits per heavy atom. The maximum Gasteiger partial charge on any atom is 0.421 e. The SMILES string of the molecule is C=CCOC(=O)C1(CCCC(=O)OCC)Cc2ccccc2N(C(=O)OC(C)(C)C)C1=O.CCC[C@]1(CCCC(=O)OCC)Cc2ccccc2N(C(=O)OC(C)(C)C)C1=O.COC(=O)CCC[C@@]1(CC(=O)OC)Cc2ccccc2N(C)C1=O.COC(=O)CCC[C@@]1(CC(=O)OC)Cc2ccccc2NC1=O.COC(=O)CCC[C@@]1(CC(=O)OC)Cc2ccccc2NC1=O. The molecule has 0 saturated heterocycles. The number of imide groups is 2. The summed E-state index contributed by atoms with van der Waals surface area (Å²) in [6.07, 6.45) is 8.15. The van der Waals surface area contributed by atoms with Gasteiger partial charge in [0.15, 0.2) is 5.41 Å². The molecule has 0 bridgehead atoms. The maximum atomic E-state index is 13.7. The van der Waals surface area contributed by atoms with Gasteiger partial charge in [-0.3, -0.25) is 67.1 Å². The first-order chi connectivity index (χ1) is 62.1. The van der Waals surface area contributed by atoms with Crippen LogP contribution >= 0.6 is 0 Å². The molecule has 32 nitrogen and oxygen atoms in total. The molecule has 131 heavy (non-hydrogen) atoms. The Hall–Kier alpha value is -12.6. The Morgan fingerprint density at radius 2 is 0.695 bits per heavy atom. The van der Waals surface area contributed by atoms with Crippen LogP contribution in [-0.4, -0.2) is 176 Å². The number of nitrogens with one attached hydrogen (secondary N) is 2. The largest absolute Gasteiger partial charge is 0.469 e. The molecule has 712 valence electrons. The standard InChI is InChI=1S/C24H31NO7.C23H33NO5.C18H23NO5.2C17H21NO5/c1-6-15-31-21(28)24(14-10-13-19(26)30-7-2)16-17-11-8-9-12-18(17)25(20(24)27)22(29)32-23(3,4)5;1-6-14-23(15-10-13-19(25)28-7-2)16-17-11-8-9-12-18(17)24(20(23)26)21(27)29-22(3,4)5;1-19-14-8-5-4-7-13(14)11-18(17(19)22,12-16(21)24-3)10-6-9-15(20)23-2;2*1-22-14(19)8-5-9-17(11-15(20)23-2)10-12-6-3-4-7-13(12)18-16(17)21/h6,8-9,11-12H,1,7,10,13-16H2,2-5H3;8-9,11-12H,6-7,10,13-16H2,1-5H3;4-5,7-8H,6,9-12H2,1-3H3;2*3-4,6-7H,5,8-11H2,1-2H3,(H,18,21)/t;23-;18-;2*17-/m.0000/s1. The predicted molar refractivity (Wildman–Crippen MR) is 486 cm³/mol. The van der Waals surface area contributed by atoms with E-state index in [0.29, 0.717) is 107 Å². The van der Waals surface area contributed by atoms with Crippen molar-refractivity contribution in [2.75, 3.05) is 94.9 Å². The zero-order chi connectivity index (χ0) is 97.1. The van der Waals surface area contributed by atoms with Gasteiger partial charge in [0.2, 0.25) is 23.6 Å². The molecule has 0 saturated carbocycles. The van der Waals surface area contributed by atoms with Crippen LogP contribution in [-0.2, 0) is 151 Å². The highest BCUT2D eigenvalue weighted by atomic mass is 16.6. The minimum Gasteiger partial charge on any atom is -0.469 e. The van der Waals surface area contributed by atoms with Crippen molar-refractivity contribution in [1.82, 2.24) is 0 Å². The van der Waals surface area contributed by atoms with Gasteiger partial charge in [-0.05, 0) is 216 Å². The van der Waals surface area contributed by atoms with E-state index in [0.717, 1.165) is 50.6 Å². The third-order valence-corrected chi connectivity index (χ3v) is 23.1. The molecule has 0 spiro atoms. The quantitative estimate of drug-likeness (QED) is 0.0170. The molecule has 2 N–H and O–H groups in total. The second kappa shape index (κ2) is 49.9. The smallest absolute Gasteiger partial charge is 0.421 e. The van der Waals surface area contributed by atoms with Crippen molar-refractivity contribution < 1.29 is 129 Å². The molecule has 1 unspecified atom stereocenters. The van der Waals surface area contributed by atoms with Crippen molar-refractivity contribution >= 4 is 124 Å². The van der Waals surface area contributed by atoms with Gasteiger partial charge in [0, 0.05) is 56.2 Å². The molecule has 0 radical (unpaired) electrons. The van der Waals surface area contributed by atoms with Crippen LogP contribution in [0.15, 0.2) is 134 Å². The molecule has 5 aliphatic rings. The van der Waals surface area contributed by atoms with Crippen LogP contribution in [0.5, 0.6) is 0 Å². The monoisotopic (exact) mass is 1820 g/mol. The third kappa shape index (κ3) is 29.7. The van der Waals surface area contributed by atoms with Crippen molar-refractivity contribution in [2.45, 2.75) is 234 Å². The molecular weight excluding hydrogens is 1690 g/mol. The van der Waals surface area contributed by atoms with Crippen molar-refractivity contribution in [1.29, 1.82) is 0 Å². The van der Waals surface area contributed by atoms with Gasteiger partial charge in [0.1, 0.15) is 17.8 Å². The number of anilines is 5. The number of methoxy groups -OCH3 is 6. The highest BCUT2D eigenvalue weighted by Crippen LogP contribution is 2.49. The van der Waals surface area contributed by atoms with E-state index in [1.54, 1.807) is 97.7 Å². The Kier molecular flexibility index (Phi) is 40.8. The van der Waals surface area contributed by atoms with Crippen LogP contribution in [0, 0.1) is 27.1 Å². The van der Waals surface area contributed by atoms with E-state index in [1.807, 2.05) is 97.9 Å². The van der Waals surface area contributed by atoms with Crippen LogP contribution in [0.1, 0.15) is 219 Å². The predicted octanol–water partition coefficient (Wildman–Crippen LogP) is 15.2. The fraction of sp³-hybridized carbons (Fsp3) is 0.515. The van der Waals surface area contributed by atoms with Gasteiger partial charge in [-0.1, -0.05) is 117 Å². The van der Waals surface area contributed by atoms with Gasteiger partial charge < -0.3 is 67.6 Å². The van der Waals surface area contributed by atoms with Gasteiger partial charge >= 0.3 is 65.9 Å². The third-order valence-electron chi connectivity index (χ3n) is 23.1. The zero-order valence-corrected chi connectivity index (χ0v) is 78.5. The van der Waals surface area contributed by atoms with Gasteiger partial charge in [0.25, 0.3) is 5.91 Å². The molecule has 7 amide bonds. The van der Waals surface area contributed by atoms with Crippen molar-refractivity contribution in [3.05, 3.63) is 162 Å². The minimum absolute atomic E-state index is 0.00216. The Labute approximate surface area is 766 Å². The number of hydrogen-bond donors (Lipinski definition) is 2. The van der Waals surface area contributed by atoms with Crippen LogP contribution in [0.25, 0.3) is 0 Å². The van der Waals surface area contributed by atoms with Crippen LogP contribution in [0.4, 0.5) is 38.0 Å². The Balaban J connectivity index is 0.000000254. The summed E-state index contributed by atoms with van der Waals surface area (Å²) in [5, 5.41) is 5.74. The van der Waals surface area contributed by atoms with Crippen molar-refractivity contribution in [2.24, 2.45) is 27.1 Å². The fourth-order valence-corrected chi connectivity index (χ4v) is 16.8. The summed E-state index contributed by atoms with van der Waals surface area (Å²) in [7, 11) is 9.63. The maximum absolute atomic E-state index is 13.7. The molecule has 5 heterocycles. The summed E-state index contributed by atoms with van der Waals surface area (Å²) in [6.45, 7) is 20.0. The highest BCUT2D eigenvalue weighted by molar-refractivity contribution is 6.22. The Morgan fingerprint density at radius 1 is 0.374 bits per heavy atom. The van der Waals surface area contributed by atoms with Crippen LogP contribution < -0.4 is 25.3 Å². The summed E-state index contributed by atoms with van der Waals surface area (Å²) in [5.74, 6) is -5.20. The molecule has 5 atom stereocenters. The number of nitrogens with zero attached hydrogens (tertiary/aromatic N) is 3. The van der Waals surface area contributed by atoms with E-state index in [4.69, 9.17) is 37.9 Å². The number of carbonyl (C=O) groups excluding carboxylic acids is 16. The first-order valence-corrected chi connectivity index (χ1v) is 44.1. The van der Waals surface area contributed by atoms with Gasteiger partial charge in [-0.2, -0.15) is 0 Å². The fourth-order valence-electron chi connectivity index (χ4n) is 16.8. The first-order valence-electron chi connectivity index (χ1n) is 44.1. The Bertz CT molecular complexity index is 4780. The average Bonchev–Trinajstić information content (AvgIpc) is 0.744. The number of carbonyl (C=O) groups is 16. The van der Waals surface area contributed by atoms with Crippen LogP contribution in [0.3, 0.4) is 0 Å². The van der Waals surface area contributed by atoms with Crippen LogP contribution in [0.2, 0.25) is 0 Å². The second-order valence-electron chi connectivity index (χ2n) is 34.8. The molecule has 32 heteroatoms. The normalized spacial score (nSPS) is 19.0. The molecule has 5 aliphatic heterocycles. The number of ether oxygens (including phenoxy) is 11. The lowest BCUT2D eigenvalue weighted by atomic mass is 9.70. The van der Waals surface area contributed by atoms with Crippen molar-refractivity contribution in [3.63, 3.8) is 0 Å². The van der Waals surface area contributed by atoms with E-state index >= 15 is 0 Å². The van der Waals surface area contributed by atoms with E-state index in [9.17, 15) is 76.7 Å². The van der Waals surface area contributed by atoms with Gasteiger partial charge in [-0.25, -0.2) is 19.4 Å². The lowest BCUT2D eigenvalue weighted by Gasteiger charge is -2.42. The number of esters is 9. The molecule has 5 aromatic carbocycles. The average molecular weight is 1820 g/mol. The molecule has 0 fully saturated rings. The minimum atomic E-state index is -1.68. The topological polar surface area (TPSA) is 408 Å². The summed E-state index contributed by atoms with van der Waals surface area (Å²) < 4.78 is 54.5. The lowest BCUT2D eigenvalue weighted by molar-refractivity contribution is -0.161. The second-order valence-corrected chi connectivity index (χ2v) is 34.8. The number of fused-ring (bicyclic) bond motifs is 5. The molecule has 10 rings (SSSR count). The number of hydrogen-bond acceptors (Lipinski definition) is 27. The molecule has 0 aliphatic carbocycles. The number of para-hydroxylation sites is 5. The summed E-state index contributed by atoms with van der Waals surface area (Å²) in [6, 6.07) is 37.0. The molecule has 0 aromatic heterocycles. The summed E-state index contributed by atoms with van der Waals surface area (Å²) in [5.41, 5.74) is 1.27. The number of amides is 7. The molecular formula is C99H129N5O27. The molecule has 5 aromatic rings.